The van der Waals surface area contributed by atoms with Gasteiger partial charge in [-0.25, -0.2) is 0 Å². The van der Waals surface area contributed by atoms with E-state index >= 15 is 0 Å². The van der Waals surface area contributed by atoms with Crippen LogP contribution in [0.15, 0.2) is 72.9 Å². The Labute approximate surface area is 376 Å². The lowest BCUT2D eigenvalue weighted by molar-refractivity contribution is -0.167. The standard InChI is InChI=1S/C55H94O6/c1-4-7-10-13-16-19-22-25-27-29-30-33-36-39-42-45-48-54(57)60-51-52(50-59-53(56)47-44-41-38-35-32-24-21-18-15-12-9-6-3)61-55(58)49-46-43-40-37-34-31-28-26-23-20-17-14-11-8-5-2/h8,11,14,17-18,20-21,23,26-29,52H,4-7,9-10,12-13,15-16,19,22,24-25,30-51H2,1-3H3/b11-8-,17-14-,21-18-,23-20-,28-26-,29-27-. The summed E-state index contributed by atoms with van der Waals surface area (Å²) >= 11 is 0. The second kappa shape index (κ2) is 49.5. The molecule has 0 saturated carbocycles. The third kappa shape index (κ3) is 47.7. The number of rotatable bonds is 45. The molecule has 0 amide bonds. The van der Waals surface area contributed by atoms with E-state index in [1.165, 1.54) is 103 Å². The first-order valence-corrected chi connectivity index (χ1v) is 25.5. The largest absolute Gasteiger partial charge is 0.462 e. The van der Waals surface area contributed by atoms with Crippen molar-refractivity contribution in [3.8, 4) is 0 Å². The maximum absolute atomic E-state index is 12.8. The summed E-state index contributed by atoms with van der Waals surface area (Å²) in [6.45, 7) is 6.44. The minimum atomic E-state index is -0.793. The summed E-state index contributed by atoms with van der Waals surface area (Å²) in [4.78, 5) is 37.9. The minimum Gasteiger partial charge on any atom is -0.462 e. The van der Waals surface area contributed by atoms with Crippen molar-refractivity contribution in [3.63, 3.8) is 0 Å². The van der Waals surface area contributed by atoms with Crippen LogP contribution in [-0.4, -0.2) is 37.2 Å². The Morgan fingerprint density at radius 2 is 0.656 bits per heavy atom. The Bertz CT molecular complexity index is 1160. The Morgan fingerprint density at radius 3 is 1.08 bits per heavy atom. The van der Waals surface area contributed by atoms with Crippen LogP contribution in [0.25, 0.3) is 0 Å². The molecule has 0 radical (unpaired) electrons. The van der Waals surface area contributed by atoms with E-state index in [4.69, 9.17) is 14.2 Å². The minimum absolute atomic E-state index is 0.0923. The van der Waals surface area contributed by atoms with E-state index in [0.29, 0.717) is 19.3 Å². The molecule has 1 atom stereocenters. The van der Waals surface area contributed by atoms with Gasteiger partial charge in [0.25, 0.3) is 0 Å². The maximum Gasteiger partial charge on any atom is 0.306 e. The van der Waals surface area contributed by atoms with Gasteiger partial charge >= 0.3 is 17.9 Å². The van der Waals surface area contributed by atoms with Gasteiger partial charge in [0.15, 0.2) is 6.10 Å². The van der Waals surface area contributed by atoms with Crippen LogP contribution in [0.3, 0.4) is 0 Å². The zero-order chi connectivity index (χ0) is 44.4. The van der Waals surface area contributed by atoms with Crippen molar-refractivity contribution in [1.29, 1.82) is 0 Å². The summed E-state index contributed by atoms with van der Waals surface area (Å²) in [5.41, 5.74) is 0. The number of ether oxygens (including phenoxy) is 3. The van der Waals surface area contributed by atoms with Crippen molar-refractivity contribution in [3.05, 3.63) is 72.9 Å². The Kier molecular flexibility index (Phi) is 46.9. The lowest BCUT2D eigenvalue weighted by Crippen LogP contribution is -2.30. The van der Waals surface area contributed by atoms with Crippen LogP contribution in [0.5, 0.6) is 0 Å². The van der Waals surface area contributed by atoms with Gasteiger partial charge in [0.05, 0.1) is 0 Å². The molecule has 0 rings (SSSR count). The summed E-state index contributed by atoms with van der Waals surface area (Å²) in [7, 11) is 0. The Morgan fingerprint density at radius 1 is 0.344 bits per heavy atom. The molecule has 350 valence electrons. The van der Waals surface area contributed by atoms with Crippen LogP contribution < -0.4 is 0 Å². The molecule has 0 aliphatic heterocycles. The fourth-order valence-electron chi connectivity index (χ4n) is 6.91. The smallest absolute Gasteiger partial charge is 0.306 e. The SMILES string of the molecule is CC\C=C/C=C\C=C/C=C\CCCCCCCC(=O)OC(COC(=O)CCCCCCC/C=C\CCCCC)COC(=O)CCCCCCC/C=C\CCCCCCCCC. The average Bonchev–Trinajstić information content (AvgIpc) is 3.26. The quantitative estimate of drug-likeness (QED) is 0.0200. The number of allylic oxidation sites excluding steroid dienone is 12. The number of carbonyl (C=O) groups is 3. The molecule has 61 heavy (non-hydrogen) atoms. The van der Waals surface area contributed by atoms with Gasteiger partial charge in [0.2, 0.25) is 0 Å². The molecule has 0 aromatic carbocycles. The highest BCUT2D eigenvalue weighted by Gasteiger charge is 2.19. The van der Waals surface area contributed by atoms with Crippen LogP contribution in [0.1, 0.15) is 239 Å². The van der Waals surface area contributed by atoms with Gasteiger partial charge in [-0.3, -0.25) is 14.4 Å². The second-order valence-corrected chi connectivity index (χ2v) is 16.8. The van der Waals surface area contributed by atoms with Crippen LogP contribution >= 0.6 is 0 Å². The lowest BCUT2D eigenvalue weighted by atomic mass is 10.1. The maximum atomic E-state index is 12.8. The number of carbonyl (C=O) groups excluding carboxylic acids is 3. The van der Waals surface area contributed by atoms with Crippen LogP contribution in [0, 0.1) is 0 Å². The molecule has 0 bridgehead atoms. The van der Waals surface area contributed by atoms with E-state index in [9.17, 15) is 14.4 Å². The van der Waals surface area contributed by atoms with Gasteiger partial charge < -0.3 is 14.2 Å². The predicted molar refractivity (Wildman–Crippen MR) is 261 cm³/mol. The highest BCUT2D eigenvalue weighted by Crippen LogP contribution is 2.14. The molecular weight excluding hydrogens is 757 g/mol. The predicted octanol–water partition coefficient (Wildman–Crippen LogP) is 16.6. The van der Waals surface area contributed by atoms with Gasteiger partial charge in [0, 0.05) is 19.3 Å². The van der Waals surface area contributed by atoms with Gasteiger partial charge in [-0.15, -0.1) is 0 Å². The van der Waals surface area contributed by atoms with E-state index in [2.05, 4.69) is 75.5 Å². The first-order chi connectivity index (χ1) is 30.0. The van der Waals surface area contributed by atoms with Crippen LogP contribution in [0.4, 0.5) is 0 Å². The van der Waals surface area contributed by atoms with Crippen molar-refractivity contribution >= 4 is 17.9 Å². The van der Waals surface area contributed by atoms with Crippen molar-refractivity contribution in [2.45, 2.75) is 245 Å². The molecule has 0 saturated heterocycles. The van der Waals surface area contributed by atoms with Crippen LogP contribution in [0.2, 0.25) is 0 Å². The van der Waals surface area contributed by atoms with E-state index in [1.54, 1.807) is 0 Å². The number of hydrogen-bond donors (Lipinski definition) is 0. The van der Waals surface area contributed by atoms with E-state index in [-0.39, 0.29) is 31.1 Å². The molecular formula is C55H94O6. The number of esters is 3. The van der Waals surface area contributed by atoms with Crippen molar-refractivity contribution in [2.75, 3.05) is 13.2 Å². The fraction of sp³-hybridized carbons (Fsp3) is 0.727. The molecule has 0 fully saturated rings. The molecule has 0 aromatic rings. The third-order valence-corrected chi connectivity index (χ3v) is 10.8. The molecule has 6 nitrogen and oxygen atoms in total. The van der Waals surface area contributed by atoms with E-state index < -0.39 is 6.10 Å². The fourth-order valence-corrected chi connectivity index (χ4v) is 6.91. The molecule has 0 aliphatic carbocycles. The molecule has 0 aliphatic rings. The topological polar surface area (TPSA) is 78.9 Å². The number of unbranched alkanes of at least 4 members (excludes halogenated alkanes) is 25. The van der Waals surface area contributed by atoms with Gasteiger partial charge in [-0.2, -0.15) is 0 Å². The monoisotopic (exact) mass is 851 g/mol. The molecule has 1 unspecified atom stereocenters. The Balaban J connectivity index is 4.44. The summed E-state index contributed by atoms with van der Waals surface area (Å²) in [6, 6.07) is 0. The zero-order valence-corrected chi connectivity index (χ0v) is 39.9. The average molecular weight is 851 g/mol. The zero-order valence-electron chi connectivity index (χ0n) is 39.9. The van der Waals surface area contributed by atoms with E-state index in [1.807, 2.05) is 18.2 Å². The van der Waals surface area contributed by atoms with Crippen molar-refractivity contribution < 1.29 is 28.6 Å². The van der Waals surface area contributed by atoms with Gasteiger partial charge in [-0.1, -0.05) is 203 Å². The first kappa shape index (κ1) is 57.9. The summed E-state index contributed by atoms with van der Waals surface area (Å²) in [6.07, 6.45) is 61.6. The highest BCUT2D eigenvalue weighted by molar-refractivity contribution is 5.71. The van der Waals surface area contributed by atoms with Crippen LogP contribution in [-0.2, 0) is 28.6 Å². The van der Waals surface area contributed by atoms with Gasteiger partial charge in [0.1, 0.15) is 13.2 Å². The normalized spacial score (nSPS) is 12.6. The number of hydrogen-bond acceptors (Lipinski definition) is 6. The Hall–Kier alpha value is -3.15. The van der Waals surface area contributed by atoms with E-state index in [0.717, 1.165) is 96.3 Å². The first-order valence-electron chi connectivity index (χ1n) is 25.5. The summed E-state index contributed by atoms with van der Waals surface area (Å²) in [5, 5.41) is 0. The second-order valence-electron chi connectivity index (χ2n) is 16.8. The molecule has 6 heteroatoms. The molecule has 0 heterocycles. The summed E-state index contributed by atoms with van der Waals surface area (Å²) < 4.78 is 16.8. The van der Waals surface area contributed by atoms with Crippen molar-refractivity contribution in [1.82, 2.24) is 0 Å². The molecule has 0 aromatic heterocycles. The highest BCUT2D eigenvalue weighted by atomic mass is 16.6. The lowest BCUT2D eigenvalue weighted by Gasteiger charge is -2.18. The van der Waals surface area contributed by atoms with Crippen molar-refractivity contribution in [2.24, 2.45) is 0 Å². The van der Waals surface area contributed by atoms with Gasteiger partial charge in [-0.05, 0) is 89.9 Å². The third-order valence-electron chi connectivity index (χ3n) is 10.8. The summed E-state index contributed by atoms with van der Waals surface area (Å²) in [5.74, 6) is -0.932. The molecule has 0 spiro atoms. The molecule has 0 N–H and O–H groups in total.